The Balaban J connectivity index is 1.44. The smallest absolute Gasteiger partial charge is 0.274 e. The lowest BCUT2D eigenvalue weighted by molar-refractivity contribution is 0.0129. The Bertz CT molecular complexity index is 796. The van der Waals surface area contributed by atoms with Gasteiger partial charge in [-0.15, -0.1) is 0 Å². The van der Waals surface area contributed by atoms with Crippen LogP contribution in [0.3, 0.4) is 0 Å². The Hall–Kier alpha value is -2.16. The third-order valence-electron chi connectivity index (χ3n) is 5.59. The minimum absolute atomic E-state index is 0.0981. The fourth-order valence-electron chi connectivity index (χ4n) is 4.20. The molecule has 8 heteroatoms. The number of aliphatic hydroxyl groups excluding tert-OH is 1. The summed E-state index contributed by atoms with van der Waals surface area (Å²) in [5, 5.41) is 16.8. The fourth-order valence-corrected chi connectivity index (χ4v) is 4.20. The van der Waals surface area contributed by atoms with Gasteiger partial charge in [0.15, 0.2) is 11.5 Å². The number of ether oxygens (including phenoxy) is 1. The zero-order chi connectivity index (χ0) is 19.5. The van der Waals surface area contributed by atoms with E-state index < -0.39 is 0 Å². The number of piperidine rings is 1. The molecule has 2 unspecified atom stereocenters. The van der Waals surface area contributed by atoms with Crippen molar-refractivity contribution in [3.63, 3.8) is 0 Å². The molecule has 2 aliphatic rings. The first-order valence-electron chi connectivity index (χ1n) is 9.95. The third kappa shape index (κ3) is 4.29. The molecule has 2 aromatic rings. The van der Waals surface area contributed by atoms with Crippen LogP contribution in [0.4, 0.5) is 0 Å². The number of furan rings is 1. The standard InChI is InChI=1S/C20H28N4O4/c1-14-2-3-19(28-14)17-9-18(22-21-17)20(26)24-11-15(8-16(12-24)13-25)10-23-4-6-27-7-5-23/h2-3,9,15-16,25H,4-8,10-13H2,1H3,(H,21,22). The average Bonchev–Trinajstić information content (AvgIpc) is 3.37. The van der Waals surface area contributed by atoms with Crippen LogP contribution in [0.1, 0.15) is 22.7 Å². The molecule has 4 heterocycles. The second-order valence-electron chi connectivity index (χ2n) is 7.85. The molecule has 0 spiro atoms. The molecule has 1 amide bonds. The Morgan fingerprint density at radius 3 is 2.79 bits per heavy atom. The number of nitrogens with one attached hydrogen (secondary N) is 1. The Kier molecular flexibility index (Phi) is 5.79. The molecule has 0 aromatic carbocycles. The van der Waals surface area contributed by atoms with Gasteiger partial charge in [0.1, 0.15) is 11.5 Å². The van der Waals surface area contributed by atoms with E-state index in [9.17, 15) is 9.90 Å². The Morgan fingerprint density at radius 1 is 1.29 bits per heavy atom. The van der Waals surface area contributed by atoms with Crippen molar-refractivity contribution < 1.29 is 19.1 Å². The quantitative estimate of drug-likeness (QED) is 0.804. The van der Waals surface area contributed by atoms with E-state index in [0.717, 1.165) is 45.0 Å². The molecular weight excluding hydrogens is 360 g/mol. The number of morpholine rings is 1. The van der Waals surface area contributed by atoms with E-state index in [-0.39, 0.29) is 18.4 Å². The summed E-state index contributed by atoms with van der Waals surface area (Å²) < 4.78 is 11.0. The van der Waals surface area contributed by atoms with Crippen molar-refractivity contribution in [3.8, 4) is 11.5 Å². The number of hydrogen-bond donors (Lipinski definition) is 2. The largest absolute Gasteiger partial charge is 0.460 e. The monoisotopic (exact) mass is 388 g/mol. The third-order valence-corrected chi connectivity index (χ3v) is 5.59. The minimum Gasteiger partial charge on any atom is -0.460 e. The second-order valence-corrected chi connectivity index (χ2v) is 7.85. The van der Waals surface area contributed by atoms with Gasteiger partial charge >= 0.3 is 0 Å². The van der Waals surface area contributed by atoms with E-state index in [2.05, 4.69) is 15.1 Å². The number of aryl methyl sites for hydroxylation is 1. The molecule has 152 valence electrons. The van der Waals surface area contributed by atoms with Gasteiger partial charge in [-0.1, -0.05) is 0 Å². The van der Waals surface area contributed by atoms with Crippen LogP contribution < -0.4 is 0 Å². The molecule has 0 aliphatic carbocycles. The van der Waals surface area contributed by atoms with Crippen LogP contribution in [0.15, 0.2) is 22.6 Å². The molecule has 8 nitrogen and oxygen atoms in total. The maximum Gasteiger partial charge on any atom is 0.274 e. The van der Waals surface area contributed by atoms with Crippen molar-refractivity contribution in [2.75, 3.05) is 52.5 Å². The highest BCUT2D eigenvalue weighted by atomic mass is 16.5. The minimum atomic E-state index is -0.101. The van der Waals surface area contributed by atoms with Crippen molar-refractivity contribution in [1.29, 1.82) is 0 Å². The Labute approximate surface area is 164 Å². The number of nitrogens with zero attached hydrogens (tertiary/aromatic N) is 3. The highest BCUT2D eigenvalue weighted by molar-refractivity contribution is 5.93. The lowest BCUT2D eigenvalue weighted by atomic mass is 9.89. The van der Waals surface area contributed by atoms with Crippen LogP contribution in [-0.4, -0.2) is 83.6 Å². The molecule has 2 fully saturated rings. The summed E-state index contributed by atoms with van der Waals surface area (Å²) in [5.41, 5.74) is 1.07. The maximum atomic E-state index is 13.0. The van der Waals surface area contributed by atoms with Gasteiger partial charge in [0.25, 0.3) is 5.91 Å². The summed E-state index contributed by atoms with van der Waals surface area (Å²) in [7, 11) is 0. The van der Waals surface area contributed by atoms with Crippen molar-refractivity contribution in [2.45, 2.75) is 13.3 Å². The van der Waals surface area contributed by atoms with Crippen LogP contribution in [0.25, 0.3) is 11.5 Å². The molecule has 2 saturated heterocycles. The van der Waals surface area contributed by atoms with Crippen LogP contribution in [-0.2, 0) is 4.74 Å². The number of aromatic nitrogens is 2. The van der Waals surface area contributed by atoms with Crippen LogP contribution in [0, 0.1) is 18.8 Å². The molecule has 2 N–H and O–H groups in total. The molecule has 2 aromatic heterocycles. The molecule has 4 rings (SSSR count). The summed E-state index contributed by atoms with van der Waals surface area (Å²) >= 11 is 0. The van der Waals surface area contributed by atoms with E-state index in [1.54, 1.807) is 6.07 Å². The maximum absolute atomic E-state index is 13.0. The van der Waals surface area contributed by atoms with E-state index in [4.69, 9.17) is 9.15 Å². The lowest BCUT2D eigenvalue weighted by Crippen LogP contribution is -2.49. The normalized spacial score (nSPS) is 23.9. The zero-order valence-electron chi connectivity index (χ0n) is 16.3. The summed E-state index contributed by atoms with van der Waals surface area (Å²) in [6, 6.07) is 5.47. The van der Waals surface area contributed by atoms with Crippen molar-refractivity contribution in [3.05, 3.63) is 29.7 Å². The summed E-state index contributed by atoms with van der Waals surface area (Å²) in [6.07, 6.45) is 0.940. The lowest BCUT2D eigenvalue weighted by Gasteiger charge is -2.39. The molecule has 28 heavy (non-hydrogen) atoms. The fraction of sp³-hybridized carbons (Fsp3) is 0.600. The molecule has 2 aliphatic heterocycles. The van der Waals surface area contributed by atoms with Crippen LogP contribution in [0.2, 0.25) is 0 Å². The van der Waals surface area contributed by atoms with E-state index in [1.165, 1.54) is 0 Å². The topological polar surface area (TPSA) is 94.8 Å². The van der Waals surface area contributed by atoms with Gasteiger partial charge in [-0.3, -0.25) is 14.8 Å². The van der Waals surface area contributed by atoms with Gasteiger partial charge < -0.3 is 19.2 Å². The van der Waals surface area contributed by atoms with Gasteiger partial charge in [0.2, 0.25) is 0 Å². The van der Waals surface area contributed by atoms with E-state index in [1.807, 2.05) is 24.0 Å². The second kappa shape index (κ2) is 8.46. The molecule has 2 atom stereocenters. The van der Waals surface area contributed by atoms with E-state index >= 15 is 0 Å². The zero-order valence-corrected chi connectivity index (χ0v) is 16.3. The number of carbonyl (C=O) groups excluding carboxylic acids is 1. The average molecular weight is 388 g/mol. The molecular formula is C20H28N4O4. The highest BCUT2D eigenvalue weighted by Crippen LogP contribution is 2.26. The van der Waals surface area contributed by atoms with Gasteiger partial charge in [-0.2, -0.15) is 5.10 Å². The van der Waals surface area contributed by atoms with E-state index in [0.29, 0.717) is 36.2 Å². The number of hydrogen-bond acceptors (Lipinski definition) is 6. The van der Waals surface area contributed by atoms with Gasteiger partial charge in [0, 0.05) is 45.4 Å². The number of amides is 1. The predicted molar refractivity (Wildman–Crippen MR) is 103 cm³/mol. The first-order valence-corrected chi connectivity index (χ1v) is 9.95. The molecule has 0 bridgehead atoms. The number of aromatic amines is 1. The number of rotatable bonds is 5. The summed E-state index contributed by atoms with van der Waals surface area (Å²) in [5.74, 6) is 1.83. The van der Waals surface area contributed by atoms with Crippen LogP contribution in [0.5, 0.6) is 0 Å². The van der Waals surface area contributed by atoms with Crippen molar-refractivity contribution in [1.82, 2.24) is 20.0 Å². The summed E-state index contributed by atoms with van der Waals surface area (Å²) in [6.45, 7) is 7.55. The highest BCUT2D eigenvalue weighted by Gasteiger charge is 2.32. The van der Waals surface area contributed by atoms with Gasteiger partial charge in [-0.25, -0.2) is 0 Å². The predicted octanol–water partition coefficient (Wildman–Crippen LogP) is 1.38. The summed E-state index contributed by atoms with van der Waals surface area (Å²) in [4.78, 5) is 17.3. The van der Waals surface area contributed by atoms with Crippen LogP contribution >= 0.6 is 0 Å². The molecule has 0 radical (unpaired) electrons. The number of carbonyl (C=O) groups is 1. The Morgan fingerprint density at radius 2 is 2.07 bits per heavy atom. The first kappa shape index (κ1) is 19.2. The SMILES string of the molecule is Cc1ccc(-c2cc(C(=O)N3CC(CO)CC(CN4CCOCC4)C3)n[nH]2)o1. The number of H-pyrrole nitrogens is 1. The first-order chi connectivity index (χ1) is 13.6. The number of aliphatic hydroxyl groups is 1. The van der Waals surface area contributed by atoms with Crippen molar-refractivity contribution in [2.24, 2.45) is 11.8 Å². The number of likely N-dealkylation sites (tertiary alicyclic amines) is 1. The van der Waals surface area contributed by atoms with Gasteiger partial charge in [-0.05, 0) is 37.3 Å². The van der Waals surface area contributed by atoms with Gasteiger partial charge in [0.05, 0.1) is 13.2 Å². The van der Waals surface area contributed by atoms with Crippen molar-refractivity contribution >= 4 is 5.91 Å². The molecule has 0 saturated carbocycles.